The van der Waals surface area contributed by atoms with Gasteiger partial charge in [0.1, 0.15) is 0 Å². The summed E-state index contributed by atoms with van der Waals surface area (Å²) >= 11 is 5.75. The summed E-state index contributed by atoms with van der Waals surface area (Å²) in [4.78, 5) is 0.302. The lowest BCUT2D eigenvalue weighted by Gasteiger charge is -2.30. The third kappa shape index (κ3) is 3.36. The summed E-state index contributed by atoms with van der Waals surface area (Å²) in [6.07, 6.45) is 0. The molecule has 1 N–H and O–H groups in total. The van der Waals surface area contributed by atoms with Crippen molar-refractivity contribution in [3.05, 3.63) is 29.3 Å². The summed E-state index contributed by atoms with van der Waals surface area (Å²) in [5.74, 6) is 0. The van der Waals surface area contributed by atoms with E-state index in [4.69, 9.17) is 11.6 Å². The van der Waals surface area contributed by atoms with Crippen molar-refractivity contribution in [1.82, 2.24) is 9.62 Å². The van der Waals surface area contributed by atoms with Gasteiger partial charge in [-0.05, 0) is 31.2 Å². The number of nitrogens with zero attached hydrogens (tertiary/aromatic N) is 1. The molecule has 0 saturated carbocycles. The van der Waals surface area contributed by atoms with Crippen LogP contribution in [0.2, 0.25) is 5.02 Å². The van der Waals surface area contributed by atoms with Gasteiger partial charge in [-0.3, -0.25) is 0 Å². The molecule has 1 aromatic rings. The first-order valence-electron chi connectivity index (χ1n) is 5.49. The zero-order valence-corrected chi connectivity index (χ0v) is 12.4. The van der Waals surface area contributed by atoms with Gasteiger partial charge in [-0.15, -0.1) is 12.4 Å². The second-order valence-electron chi connectivity index (χ2n) is 4.17. The average Bonchev–Trinajstić information content (AvgIpc) is 2.29. The van der Waals surface area contributed by atoms with Crippen LogP contribution in [0.4, 0.5) is 0 Å². The van der Waals surface area contributed by atoms with Gasteiger partial charge in [-0.1, -0.05) is 11.6 Å². The Labute approximate surface area is 119 Å². The Morgan fingerprint density at radius 2 is 1.94 bits per heavy atom. The molecule has 1 aliphatic rings. The molecule has 1 aromatic carbocycles. The van der Waals surface area contributed by atoms with Crippen molar-refractivity contribution in [2.24, 2.45) is 0 Å². The first-order chi connectivity index (χ1) is 8.00. The Morgan fingerprint density at radius 3 is 2.50 bits per heavy atom. The van der Waals surface area contributed by atoms with Crippen LogP contribution in [0.25, 0.3) is 0 Å². The average molecular weight is 311 g/mol. The number of benzene rings is 1. The van der Waals surface area contributed by atoms with Crippen LogP contribution in [0.15, 0.2) is 29.2 Å². The van der Waals surface area contributed by atoms with Crippen LogP contribution >= 0.6 is 24.0 Å². The highest BCUT2D eigenvalue weighted by molar-refractivity contribution is 7.89. The van der Waals surface area contributed by atoms with Crippen molar-refractivity contribution < 1.29 is 8.42 Å². The molecule has 1 aliphatic heterocycles. The summed E-state index contributed by atoms with van der Waals surface area (Å²) in [5.41, 5.74) is 0. The molecule has 1 heterocycles. The molecule has 102 valence electrons. The van der Waals surface area contributed by atoms with Gasteiger partial charge >= 0.3 is 0 Å². The lowest BCUT2D eigenvalue weighted by atomic mass is 10.3. The van der Waals surface area contributed by atoms with Crippen LogP contribution in [-0.4, -0.2) is 38.4 Å². The second kappa shape index (κ2) is 6.21. The summed E-state index contributed by atoms with van der Waals surface area (Å²) in [5, 5.41) is 3.76. The van der Waals surface area contributed by atoms with Gasteiger partial charge in [0.2, 0.25) is 10.0 Å². The Hall–Kier alpha value is -0.330. The summed E-state index contributed by atoms with van der Waals surface area (Å²) in [6.45, 7) is 3.68. The lowest BCUT2D eigenvalue weighted by molar-refractivity contribution is 0.310. The number of halogens is 2. The maximum Gasteiger partial charge on any atom is 0.243 e. The van der Waals surface area contributed by atoms with Gasteiger partial charge in [0.15, 0.2) is 0 Å². The van der Waals surface area contributed by atoms with Crippen molar-refractivity contribution in [3.8, 4) is 0 Å². The summed E-state index contributed by atoms with van der Waals surface area (Å²) in [6, 6.07) is 6.47. The van der Waals surface area contributed by atoms with Gasteiger partial charge < -0.3 is 5.32 Å². The summed E-state index contributed by atoms with van der Waals surface area (Å²) < 4.78 is 26.1. The topological polar surface area (TPSA) is 49.4 Å². The number of piperazine rings is 1. The maximum absolute atomic E-state index is 12.3. The fourth-order valence-corrected chi connectivity index (χ4v) is 3.53. The number of nitrogens with one attached hydrogen (secondary N) is 1. The zero-order chi connectivity index (χ0) is 12.5. The van der Waals surface area contributed by atoms with Crippen molar-refractivity contribution in [1.29, 1.82) is 0 Å². The quantitative estimate of drug-likeness (QED) is 0.905. The van der Waals surface area contributed by atoms with E-state index >= 15 is 0 Å². The molecule has 18 heavy (non-hydrogen) atoms. The molecular weight excluding hydrogens is 295 g/mol. The zero-order valence-electron chi connectivity index (χ0n) is 9.97. The van der Waals surface area contributed by atoms with E-state index in [2.05, 4.69) is 5.32 Å². The predicted molar refractivity (Wildman–Crippen MR) is 74.9 cm³/mol. The highest BCUT2D eigenvalue weighted by Gasteiger charge is 2.28. The second-order valence-corrected chi connectivity index (χ2v) is 6.55. The van der Waals surface area contributed by atoms with Crippen LogP contribution in [-0.2, 0) is 10.0 Å². The largest absolute Gasteiger partial charge is 0.312 e. The molecule has 1 saturated heterocycles. The SMILES string of the molecule is C[C@H]1CN(S(=O)(=O)c2ccc(Cl)cc2)CCN1.Cl. The minimum atomic E-state index is -3.38. The van der Waals surface area contributed by atoms with E-state index in [9.17, 15) is 8.42 Å². The van der Waals surface area contributed by atoms with Crippen molar-refractivity contribution in [2.45, 2.75) is 17.9 Å². The molecule has 0 amide bonds. The van der Waals surface area contributed by atoms with E-state index in [0.717, 1.165) is 0 Å². The smallest absolute Gasteiger partial charge is 0.243 e. The van der Waals surface area contributed by atoms with E-state index in [1.54, 1.807) is 24.3 Å². The minimum Gasteiger partial charge on any atom is -0.312 e. The molecule has 4 nitrogen and oxygen atoms in total. The highest BCUT2D eigenvalue weighted by atomic mass is 35.5. The molecule has 0 aromatic heterocycles. The molecule has 0 radical (unpaired) electrons. The third-order valence-corrected chi connectivity index (χ3v) is 4.91. The molecule has 2 rings (SSSR count). The van der Waals surface area contributed by atoms with Crippen molar-refractivity contribution in [3.63, 3.8) is 0 Å². The van der Waals surface area contributed by atoms with Crippen LogP contribution in [0.3, 0.4) is 0 Å². The Morgan fingerprint density at radius 1 is 1.33 bits per heavy atom. The molecular formula is C11H16Cl2N2O2S. The van der Waals surface area contributed by atoms with Crippen LogP contribution < -0.4 is 5.32 Å². The Bertz CT molecular complexity index is 490. The van der Waals surface area contributed by atoms with Crippen LogP contribution in [0.1, 0.15) is 6.92 Å². The first-order valence-corrected chi connectivity index (χ1v) is 7.31. The Kier molecular flexibility index (Phi) is 5.43. The maximum atomic E-state index is 12.3. The molecule has 0 aliphatic carbocycles. The number of sulfonamides is 1. The molecule has 0 spiro atoms. The molecule has 0 unspecified atom stereocenters. The standard InChI is InChI=1S/C11H15ClN2O2S.ClH/c1-9-8-14(7-6-13-9)17(15,16)11-4-2-10(12)3-5-11;/h2-5,9,13H,6-8H2,1H3;1H/t9-;/m0./s1. The van der Waals surface area contributed by atoms with Crippen LogP contribution in [0.5, 0.6) is 0 Å². The third-order valence-electron chi connectivity index (χ3n) is 2.78. The van der Waals surface area contributed by atoms with E-state index in [-0.39, 0.29) is 18.4 Å². The normalized spacial score (nSPS) is 21.3. The van der Waals surface area contributed by atoms with E-state index < -0.39 is 10.0 Å². The van der Waals surface area contributed by atoms with Crippen molar-refractivity contribution in [2.75, 3.05) is 19.6 Å². The first kappa shape index (κ1) is 15.7. The highest BCUT2D eigenvalue weighted by Crippen LogP contribution is 2.19. The fourth-order valence-electron chi connectivity index (χ4n) is 1.87. The number of hydrogen-bond acceptors (Lipinski definition) is 3. The van der Waals surface area contributed by atoms with E-state index in [1.165, 1.54) is 4.31 Å². The number of hydrogen-bond donors (Lipinski definition) is 1. The Balaban J connectivity index is 0.00000162. The van der Waals surface area contributed by atoms with Gasteiger partial charge in [-0.25, -0.2) is 8.42 Å². The van der Waals surface area contributed by atoms with E-state index in [1.807, 2.05) is 6.92 Å². The predicted octanol–water partition coefficient (Wildman–Crippen LogP) is 1.74. The minimum absolute atomic E-state index is 0. The molecule has 7 heteroatoms. The van der Waals surface area contributed by atoms with Crippen LogP contribution in [0, 0.1) is 0 Å². The van der Waals surface area contributed by atoms with E-state index in [0.29, 0.717) is 29.6 Å². The van der Waals surface area contributed by atoms with Gasteiger partial charge in [0, 0.05) is 30.7 Å². The fraction of sp³-hybridized carbons (Fsp3) is 0.455. The van der Waals surface area contributed by atoms with Gasteiger partial charge in [-0.2, -0.15) is 4.31 Å². The molecule has 0 bridgehead atoms. The summed E-state index contributed by atoms with van der Waals surface area (Å²) in [7, 11) is -3.38. The van der Waals surface area contributed by atoms with Gasteiger partial charge in [0.05, 0.1) is 4.90 Å². The lowest BCUT2D eigenvalue weighted by Crippen LogP contribution is -2.51. The molecule has 1 atom stereocenters. The monoisotopic (exact) mass is 310 g/mol. The number of rotatable bonds is 2. The van der Waals surface area contributed by atoms with Crippen molar-refractivity contribution >= 4 is 34.0 Å². The molecule has 1 fully saturated rings. The van der Waals surface area contributed by atoms with Gasteiger partial charge in [0.25, 0.3) is 0 Å².